The number of hydrogen-bond donors (Lipinski definition) is 2. The van der Waals surface area contributed by atoms with Gasteiger partial charge in [0.05, 0.1) is 4.92 Å². The molecule has 0 bridgehead atoms. The van der Waals surface area contributed by atoms with E-state index in [1.807, 2.05) is 0 Å². The Bertz CT molecular complexity index is 498. The zero-order valence-corrected chi connectivity index (χ0v) is 10.3. The van der Waals surface area contributed by atoms with Crippen molar-refractivity contribution in [3.63, 3.8) is 0 Å². The quantitative estimate of drug-likeness (QED) is 0.639. The van der Waals surface area contributed by atoms with Gasteiger partial charge in [-0.05, 0) is 12.8 Å². The van der Waals surface area contributed by atoms with E-state index in [1.54, 1.807) is 0 Å². The highest BCUT2D eigenvalue weighted by atomic mass is 16.6. The van der Waals surface area contributed by atoms with Gasteiger partial charge in [-0.2, -0.15) is 0 Å². The molecule has 1 aliphatic carbocycles. The average Bonchev–Trinajstić information content (AvgIpc) is 2.39. The van der Waals surface area contributed by atoms with Crippen LogP contribution in [0.5, 0.6) is 0 Å². The molecule has 2 N–H and O–H groups in total. The molecule has 7 nitrogen and oxygen atoms in total. The molecule has 1 aromatic rings. The summed E-state index contributed by atoms with van der Waals surface area (Å²) in [6, 6.07) is 1.24. The Hall–Kier alpha value is -2.18. The minimum atomic E-state index is -1.21. The van der Waals surface area contributed by atoms with Crippen molar-refractivity contribution in [2.75, 3.05) is 5.32 Å². The van der Waals surface area contributed by atoms with Gasteiger partial charge in [-0.3, -0.25) is 10.1 Å². The summed E-state index contributed by atoms with van der Waals surface area (Å²) in [4.78, 5) is 25.0. The Morgan fingerprint density at radius 2 is 2.11 bits per heavy atom. The Labute approximate surface area is 109 Å². The first-order valence-electron chi connectivity index (χ1n) is 6.22. The van der Waals surface area contributed by atoms with Crippen LogP contribution in [0.2, 0.25) is 0 Å². The molecule has 1 aliphatic rings. The van der Waals surface area contributed by atoms with Gasteiger partial charge in [-0.15, -0.1) is 0 Å². The number of aromatic nitrogens is 1. The third kappa shape index (κ3) is 3.18. The fourth-order valence-electron chi connectivity index (χ4n) is 2.27. The van der Waals surface area contributed by atoms with E-state index >= 15 is 0 Å². The summed E-state index contributed by atoms with van der Waals surface area (Å²) in [7, 11) is 0. The number of nitrogens with one attached hydrogen (secondary N) is 1. The maximum Gasteiger partial charge on any atom is 0.339 e. The van der Waals surface area contributed by atoms with Crippen LogP contribution < -0.4 is 5.32 Å². The number of nitrogens with zero attached hydrogens (tertiary/aromatic N) is 2. The third-order valence-electron chi connectivity index (χ3n) is 3.26. The van der Waals surface area contributed by atoms with Gasteiger partial charge in [0.1, 0.15) is 17.6 Å². The number of nitro groups is 1. The Balaban J connectivity index is 2.23. The van der Waals surface area contributed by atoms with Gasteiger partial charge >= 0.3 is 5.97 Å². The van der Waals surface area contributed by atoms with Crippen LogP contribution in [0.3, 0.4) is 0 Å². The molecule has 2 rings (SSSR count). The number of carboxylic acid groups (broad SMARTS) is 1. The summed E-state index contributed by atoms with van der Waals surface area (Å²) >= 11 is 0. The molecule has 0 aromatic carbocycles. The first-order valence-corrected chi connectivity index (χ1v) is 6.22. The van der Waals surface area contributed by atoms with Gasteiger partial charge in [0.25, 0.3) is 5.69 Å². The molecule has 102 valence electrons. The normalized spacial score (nSPS) is 16.0. The van der Waals surface area contributed by atoms with E-state index in [9.17, 15) is 14.9 Å². The first kappa shape index (κ1) is 13.3. The number of anilines is 1. The topological polar surface area (TPSA) is 105 Å². The fourth-order valence-corrected chi connectivity index (χ4v) is 2.27. The lowest BCUT2D eigenvalue weighted by molar-refractivity contribution is -0.385. The fraction of sp³-hybridized carbons (Fsp3) is 0.500. The van der Waals surface area contributed by atoms with Gasteiger partial charge in [-0.1, -0.05) is 19.3 Å². The van der Waals surface area contributed by atoms with Crippen LogP contribution in [0.25, 0.3) is 0 Å². The molecule has 1 aromatic heterocycles. The highest BCUT2D eigenvalue weighted by molar-refractivity contribution is 5.93. The number of carboxylic acids is 1. The van der Waals surface area contributed by atoms with Crippen molar-refractivity contribution in [3.05, 3.63) is 27.9 Å². The van der Waals surface area contributed by atoms with E-state index in [2.05, 4.69) is 10.3 Å². The highest BCUT2D eigenvalue weighted by Crippen LogP contribution is 2.24. The van der Waals surface area contributed by atoms with Crippen molar-refractivity contribution in [2.45, 2.75) is 38.1 Å². The molecule has 0 radical (unpaired) electrons. The second-order valence-corrected chi connectivity index (χ2v) is 4.63. The smallest absolute Gasteiger partial charge is 0.339 e. The van der Waals surface area contributed by atoms with E-state index in [1.165, 1.54) is 6.42 Å². The molecule has 1 heterocycles. The summed E-state index contributed by atoms with van der Waals surface area (Å²) in [6.07, 6.45) is 6.42. The Morgan fingerprint density at radius 3 is 2.68 bits per heavy atom. The number of pyridine rings is 1. The summed E-state index contributed by atoms with van der Waals surface area (Å²) in [5.74, 6) is -1.00. The van der Waals surface area contributed by atoms with Gasteiger partial charge in [0.2, 0.25) is 0 Å². The number of hydrogen-bond acceptors (Lipinski definition) is 5. The van der Waals surface area contributed by atoms with Crippen LogP contribution >= 0.6 is 0 Å². The van der Waals surface area contributed by atoms with Gasteiger partial charge in [0.15, 0.2) is 0 Å². The lowest BCUT2D eigenvalue weighted by atomic mass is 9.95. The largest absolute Gasteiger partial charge is 0.478 e. The molecule has 0 amide bonds. The van der Waals surface area contributed by atoms with E-state index in [-0.39, 0.29) is 23.1 Å². The second-order valence-electron chi connectivity index (χ2n) is 4.63. The predicted octanol–water partition coefficient (Wildman–Crippen LogP) is 2.43. The van der Waals surface area contributed by atoms with Crippen molar-refractivity contribution in [2.24, 2.45) is 0 Å². The lowest BCUT2D eigenvalue weighted by Gasteiger charge is -2.23. The van der Waals surface area contributed by atoms with E-state index in [0.29, 0.717) is 0 Å². The number of rotatable bonds is 4. The maximum absolute atomic E-state index is 11.1. The van der Waals surface area contributed by atoms with Crippen LogP contribution in [-0.4, -0.2) is 27.0 Å². The molecule has 0 spiro atoms. The molecule has 1 saturated carbocycles. The van der Waals surface area contributed by atoms with Crippen molar-refractivity contribution in [3.8, 4) is 0 Å². The minimum absolute atomic E-state index is 0.153. The van der Waals surface area contributed by atoms with Crippen LogP contribution in [-0.2, 0) is 0 Å². The van der Waals surface area contributed by atoms with Crippen LogP contribution in [0.15, 0.2) is 12.3 Å². The third-order valence-corrected chi connectivity index (χ3v) is 3.26. The van der Waals surface area contributed by atoms with Gasteiger partial charge in [-0.25, -0.2) is 9.78 Å². The predicted molar refractivity (Wildman–Crippen MR) is 68.3 cm³/mol. The summed E-state index contributed by atoms with van der Waals surface area (Å²) < 4.78 is 0. The molecular formula is C12H15N3O4. The minimum Gasteiger partial charge on any atom is -0.478 e. The Kier molecular flexibility index (Phi) is 3.94. The van der Waals surface area contributed by atoms with Crippen molar-refractivity contribution >= 4 is 17.5 Å². The van der Waals surface area contributed by atoms with E-state index in [4.69, 9.17) is 5.11 Å². The van der Waals surface area contributed by atoms with E-state index in [0.717, 1.165) is 37.9 Å². The molecular weight excluding hydrogens is 250 g/mol. The Morgan fingerprint density at radius 1 is 1.42 bits per heavy atom. The van der Waals surface area contributed by atoms with Crippen molar-refractivity contribution in [1.82, 2.24) is 4.98 Å². The van der Waals surface area contributed by atoms with Crippen LogP contribution in [0, 0.1) is 10.1 Å². The summed E-state index contributed by atoms with van der Waals surface area (Å²) in [5.41, 5.74) is -0.466. The lowest BCUT2D eigenvalue weighted by Crippen LogP contribution is -2.24. The van der Waals surface area contributed by atoms with Crippen LogP contribution in [0.1, 0.15) is 42.5 Å². The number of aromatic carboxylic acids is 1. The van der Waals surface area contributed by atoms with Crippen LogP contribution in [0.4, 0.5) is 11.5 Å². The van der Waals surface area contributed by atoms with E-state index < -0.39 is 10.9 Å². The number of carbonyl (C=O) groups is 1. The first-order chi connectivity index (χ1) is 9.08. The molecule has 0 aliphatic heterocycles. The highest BCUT2D eigenvalue weighted by Gasteiger charge is 2.20. The zero-order chi connectivity index (χ0) is 13.8. The van der Waals surface area contributed by atoms with Crippen molar-refractivity contribution in [1.29, 1.82) is 0 Å². The molecule has 7 heteroatoms. The average molecular weight is 265 g/mol. The summed E-state index contributed by atoms with van der Waals surface area (Å²) in [5, 5.41) is 22.8. The standard InChI is InChI=1S/C12H15N3O4/c16-12(17)10-6-9(15(18)19)7-13-11(10)14-8-4-2-1-3-5-8/h6-8H,1-5H2,(H,13,14)(H,16,17). The van der Waals surface area contributed by atoms with Gasteiger partial charge in [0, 0.05) is 12.1 Å². The zero-order valence-electron chi connectivity index (χ0n) is 10.3. The molecule has 1 fully saturated rings. The molecule has 0 atom stereocenters. The molecule has 19 heavy (non-hydrogen) atoms. The summed E-state index contributed by atoms with van der Waals surface area (Å²) in [6.45, 7) is 0. The van der Waals surface area contributed by atoms with Crippen molar-refractivity contribution < 1.29 is 14.8 Å². The maximum atomic E-state index is 11.1. The monoisotopic (exact) mass is 265 g/mol. The molecule has 0 unspecified atom stereocenters. The SMILES string of the molecule is O=C(O)c1cc([N+](=O)[O-])cnc1NC1CCCCC1. The second kappa shape index (κ2) is 5.64. The van der Waals surface area contributed by atoms with Gasteiger partial charge < -0.3 is 10.4 Å². The molecule has 0 saturated heterocycles.